The van der Waals surface area contributed by atoms with E-state index in [0.29, 0.717) is 0 Å². The third-order valence-electron chi connectivity index (χ3n) is 2.41. The molecule has 1 aliphatic rings. The lowest BCUT2D eigenvalue weighted by atomic mass is 9.96. The monoisotopic (exact) mass is 219 g/mol. The van der Waals surface area contributed by atoms with Gasteiger partial charge in [0.05, 0.1) is 0 Å². The molecule has 1 saturated heterocycles. The van der Waals surface area contributed by atoms with E-state index in [9.17, 15) is 0 Å². The van der Waals surface area contributed by atoms with Gasteiger partial charge in [0.2, 0.25) is 0 Å². The maximum Gasteiger partial charge on any atom is 0.00918 e. The van der Waals surface area contributed by atoms with Gasteiger partial charge in [0.1, 0.15) is 0 Å². The Hall–Kier alpha value is 0.310. The molecule has 0 aliphatic carbocycles. The van der Waals surface area contributed by atoms with Crippen LogP contribution < -0.4 is 0 Å². The molecule has 0 N–H and O–H groups in total. The van der Waals surface area contributed by atoms with E-state index in [1.165, 1.54) is 32.4 Å². The normalized spacial score (nSPS) is 17.6. The zero-order chi connectivity index (χ0) is 11.4. The number of nitrogens with zero attached hydrogens (tertiary/aromatic N) is 1. The number of rotatable bonds is 2. The van der Waals surface area contributed by atoms with Gasteiger partial charge in [-0.25, -0.2) is 0 Å². The van der Waals surface area contributed by atoms with Gasteiger partial charge in [0.15, 0.2) is 0 Å². The topological polar surface area (TPSA) is 3.24 Å². The van der Waals surface area contributed by atoms with Crippen molar-refractivity contribution in [1.82, 2.24) is 4.31 Å². The number of piperidine rings is 1. The molecule has 0 unspecified atom stereocenters. The molecule has 0 aromatic carbocycles. The summed E-state index contributed by atoms with van der Waals surface area (Å²) in [5.41, 5.74) is 0. The van der Waals surface area contributed by atoms with Crippen LogP contribution in [0.3, 0.4) is 0 Å². The van der Waals surface area contributed by atoms with E-state index in [4.69, 9.17) is 0 Å². The van der Waals surface area contributed by atoms with Crippen LogP contribution in [0.1, 0.15) is 53.9 Å². The quantitative estimate of drug-likeness (QED) is 0.632. The van der Waals surface area contributed by atoms with Crippen LogP contribution in [0.25, 0.3) is 0 Å². The molecule has 1 fully saturated rings. The van der Waals surface area contributed by atoms with Gasteiger partial charge >= 0.3 is 0 Å². The molecule has 0 amide bonds. The summed E-state index contributed by atoms with van der Waals surface area (Å²) in [5.74, 6) is 1.02. The first-order chi connectivity index (χ1) is 6.86. The van der Waals surface area contributed by atoms with E-state index in [0.717, 1.165) is 5.92 Å². The highest BCUT2D eigenvalue weighted by Gasteiger charge is 2.16. The third-order valence-corrected chi connectivity index (χ3v) is 3.29. The summed E-state index contributed by atoms with van der Waals surface area (Å²) in [5, 5.41) is 0. The van der Waals surface area contributed by atoms with Crippen molar-refractivity contribution >= 4 is 11.9 Å². The summed E-state index contributed by atoms with van der Waals surface area (Å²) < 4.78 is 2.46. The minimum atomic E-state index is 1.02. The van der Waals surface area contributed by atoms with Crippen LogP contribution in [-0.2, 0) is 0 Å². The van der Waals surface area contributed by atoms with Gasteiger partial charge in [-0.1, -0.05) is 53.0 Å². The van der Waals surface area contributed by atoms with E-state index >= 15 is 0 Å². The van der Waals surface area contributed by atoms with Crippen LogP contribution >= 0.6 is 11.9 Å². The SMILES string of the molecule is CC.CC.CCC1CCN(SC)CC1. The summed E-state index contributed by atoms with van der Waals surface area (Å²) in [4.78, 5) is 0. The third kappa shape index (κ3) is 7.69. The van der Waals surface area contributed by atoms with Crippen molar-refractivity contribution < 1.29 is 0 Å². The lowest BCUT2D eigenvalue weighted by Crippen LogP contribution is -2.27. The molecule has 0 aromatic rings. The Kier molecular flexibility index (Phi) is 15.9. The van der Waals surface area contributed by atoms with Crippen LogP contribution in [0.15, 0.2) is 0 Å². The Morgan fingerprint density at radius 2 is 1.50 bits per heavy atom. The fourth-order valence-electron chi connectivity index (χ4n) is 1.50. The summed E-state index contributed by atoms with van der Waals surface area (Å²) >= 11 is 1.89. The second-order valence-electron chi connectivity index (χ2n) is 2.96. The highest BCUT2D eigenvalue weighted by atomic mass is 32.2. The van der Waals surface area contributed by atoms with Crippen LogP contribution in [0.5, 0.6) is 0 Å². The van der Waals surface area contributed by atoms with Crippen LogP contribution in [0.2, 0.25) is 0 Å². The van der Waals surface area contributed by atoms with E-state index in [1.807, 2.05) is 39.6 Å². The molecule has 2 heteroatoms. The summed E-state index contributed by atoms with van der Waals surface area (Å²) in [7, 11) is 0. The van der Waals surface area contributed by atoms with Crippen molar-refractivity contribution in [3.8, 4) is 0 Å². The Morgan fingerprint density at radius 1 is 1.07 bits per heavy atom. The molecule has 14 heavy (non-hydrogen) atoms. The molecule has 1 heterocycles. The minimum Gasteiger partial charge on any atom is -0.251 e. The smallest absolute Gasteiger partial charge is 0.00918 e. The van der Waals surface area contributed by atoms with Crippen molar-refractivity contribution in [2.75, 3.05) is 19.3 Å². The zero-order valence-corrected chi connectivity index (χ0v) is 11.8. The maximum atomic E-state index is 2.46. The van der Waals surface area contributed by atoms with Crippen molar-refractivity contribution in [2.24, 2.45) is 5.92 Å². The highest BCUT2D eigenvalue weighted by Crippen LogP contribution is 2.22. The van der Waals surface area contributed by atoms with Gasteiger partial charge in [0.25, 0.3) is 0 Å². The predicted molar refractivity (Wildman–Crippen MR) is 70.8 cm³/mol. The number of hydrogen-bond acceptors (Lipinski definition) is 2. The molecule has 1 rings (SSSR count). The Balaban J connectivity index is 0. The predicted octanol–water partition coefficient (Wildman–Crippen LogP) is 4.44. The number of hydrogen-bond donors (Lipinski definition) is 0. The molecule has 1 nitrogen and oxygen atoms in total. The molecule has 0 atom stereocenters. The Morgan fingerprint density at radius 3 is 1.79 bits per heavy atom. The molecule has 0 saturated carbocycles. The van der Waals surface area contributed by atoms with Gasteiger partial charge in [-0.05, 0) is 25.0 Å². The van der Waals surface area contributed by atoms with E-state index in [1.54, 1.807) is 0 Å². The van der Waals surface area contributed by atoms with Crippen molar-refractivity contribution in [1.29, 1.82) is 0 Å². The molecular formula is C12H29NS. The van der Waals surface area contributed by atoms with Crippen molar-refractivity contribution in [3.63, 3.8) is 0 Å². The first kappa shape index (κ1) is 16.7. The second-order valence-corrected chi connectivity index (χ2v) is 3.84. The molecule has 0 radical (unpaired) electrons. The first-order valence-corrected chi connectivity index (χ1v) is 7.34. The lowest BCUT2D eigenvalue weighted by Gasteiger charge is -2.29. The van der Waals surface area contributed by atoms with Gasteiger partial charge in [0, 0.05) is 13.1 Å². The van der Waals surface area contributed by atoms with Crippen molar-refractivity contribution in [3.05, 3.63) is 0 Å². The van der Waals surface area contributed by atoms with Gasteiger partial charge in [-0.3, -0.25) is 4.31 Å². The molecular weight excluding hydrogens is 190 g/mol. The summed E-state index contributed by atoms with van der Waals surface area (Å²) in [6.45, 7) is 12.9. The zero-order valence-electron chi connectivity index (χ0n) is 11.0. The fraction of sp³-hybridized carbons (Fsp3) is 1.00. The van der Waals surface area contributed by atoms with Gasteiger partial charge in [-0.15, -0.1) is 0 Å². The van der Waals surface area contributed by atoms with E-state index in [2.05, 4.69) is 17.5 Å². The Labute approximate surface area is 95.8 Å². The van der Waals surface area contributed by atoms with E-state index in [-0.39, 0.29) is 0 Å². The van der Waals surface area contributed by atoms with Crippen LogP contribution in [-0.4, -0.2) is 23.7 Å². The molecule has 0 bridgehead atoms. The van der Waals surface area contributed by atoms with Crippen LogP contribution in [0, 0.1) is 5.92 Å². The Bertz CT molecular complexity index is 76.3. The van der Waals surface area contributed by atoms with E-state index < -0.39 is 0 Å². The molecule has 88 valence electrons. The maximum absolute atomic E-state index is 2.46. The molecule has 1 aliphatic heterocycles. The van der Waals surface area contributed by atoms with Crippen molar-refractivity contribution in [2.45, 2.75) is 53.9 Å². The molecule has 0 aromatic heterocycles. The van der Waals surface area contributed by atoms with Gasteiger partial charge in [-0.2, -0.15) is 0 Å². The fourth-order valence-corrected chi connectivity index (χ4v) is 2.08. The summed E-state index contributed by atoms with van der Waals surface area (Å²) in [6.07, 6.45) is 6.38. The standard InChI is InChI=1S/C8H17NS.2C2H6/c1-3-8-4-6-9(10-2)7-5-8;2*1-2/h8H,3-7H2,1-2H3;2*1-2H3. The highest BCUT2D eigenvalue weighted by molar-refractivity contribution is 7.96. The lowest BCUT2D eigenvalue weighted by molar-refractivity contribution is 0.286. The molecule has 0 spiro atoms. The summed E-state index contributed by atoms with van der Waals surface area (Å²) in [6, 6.07) is 0. The van der Waals surface area contributed by atoms with Crippen LogP contribution in [0.4, 0.5) is 0 Å². The average Bonchev–Trinajstić information content (AvgIpc) is 2.34. The largest absolute Gasteiger partial charge is 0.251 e. The minimum absolute atomic E-state index is 1.02. The first-order valence-electron chi connectivity index (χ1n) is 6.16. The van der Waals surface area contributed by atoms with Gasteiger partial charge < -0.3 is 0 Å². The average molecular weight is 219 g/mol. The second kappa shape index (κ2) is 13.3.